The standard InChI is InChI=1S/C11H20N4O/c1-8(4-3-5-12)11(16)15-9(2)10-13-6-7-14-10/h6-9H,3-5,12H2,1-2H3,(H,13,14)(H,15,16). The maximum absolute atomic E-state index is 11.8. The van der Waals surface area contributed by atoms with Gasteiger partial charge in [-0.25, -0.2) is 4.98 Å². The Morgan fingerprint density at radius 1 is 1.62 bits per heavy atom. The number of nitrogens with two attached hydrogens (primary N) is 1. The van der Waals surface area contributed by atoms with Crippen LogP contribution in [0.4, 0.5) is 0 Å². The number of hydrogen-bond donors (Lipinski definition) is 3. The lowest BCUT2D eigenvalue weighted by Crippen LogP contribution is -2.32. The van der Waals surface area contributed by atoms with Crippen molar-refractivity contribution in [1.82, 2.24) is 15.3 Å². The summed E-state index contributed by atoms with van der Waals surface area (Å²) in [6.07, 6.45) is 5.13. The van der Waals surface area contributed by atoms with Crippen molar-refractivity contribution in [2.45, 2.75) is 32.7 Å². The van der Waals surface area contributed by atoms with Gasteiger partial charge < -0.3 is 16.0 Å². The molecule has 1 amide bonds. The number of aromatic amines is 1. The minimum Gasteiger partial charge on any atom is -0.347 e. The predicted octanol–water partition coefficient (Wildman–Crippen LogP) is 0.962. The SMILES string of the molecule is CC(CCCN)C(=O)NC(C)c1ncc[nH]1. The van der Waals surface area contributed by atoms with Gasteiger partial charge in [0.05, 0.1) is 6.04 Å². The smallest absolute Gasteiger partial charge is 0.223 e. The molecule has 4 N–H and O–H groups in total. The molecule has 0 aromatic carbocycles. The molecule has 0 fully saturated rings. The molecule has 0 saturated carbocycles. The lowest BCUT2D eigenvalue weighted by Gasteiger charge is -2.15. The fraction of sp³-hybridized carbons (Fsp3) is 0.636. The van der Waals surface area contributed by atoms with Gasteiger partial charge >= 0.3 is 0 Å². The Hall–Kier alpha value is -1.36. The number of rotatable bonds is 6. The highest BCUT2D eigenvalue weighted by atomic mass is 16.1. The van der Waals surface area contributed by atoms with E-state index in [0.29, 0.717) is 6.54 Å². The summed E-state index contributed by atoms with van der Waals surface area (Å²) < 4.78 is 0. The van der Waals surface area contributed by atoms with E-state index >= 15 is 0 Å². The zero-order chi connectivity index (χ0) is 12.0. The van der Waals surface area contributed by atoms with Crippen molar-refractivity contribution in [2.24, 2.45) is 11.7 Å². The maximum atomic E-state index is 11.8. The summed E-state index contributed by atoms with van der Waals surface area (Å²) >= 11 is 0. The van der Waals surface area contributed by atoms with Gasteiger partial charge in [0.15, 0.2) is 0 Å². The van der Waals surface area contributed by atoms with Crippen LogP contribution in [0.15, 0.2) is 12.4 Å². The number of H-pyrrole nitrogens is 1. The van der Waals surface area contributed by atoms with E-state index in [0.717, 1.165) is 18.7 Å². The normalized spacial score (nSPS) is 14.4. The summed E-state index contributed by atoms with van der Waals surface area (Å²) in [7, 11) is 0. The van der Waals surface area contributed by atoms with E-state index < -0.39 is 0 Å². The zero-order valence-electron chi connectivity index (χ0n) is 9.86. The molecule has 1 aromatic rings. The Bertz CT molecular complexity index is 310. The molecule has 0 aliphatic rings. The molecule has 5 nitrogen and oxygen atoms in total. The highest BCUT2D eigenvalue weighted by Gasteiger charge is 2.16. The van der Waals surface area contributed by atoms with Gasteiger partial charge in [0.25, 0.3) is 0 Å². The van der Waals surface area contributed by atoms with Crippen LogP contribution < -0.4 is 11.1 Å². The van der Waals surface area contributed by atoms with Crippen LogP contribution in [-0.4, -0.2) is 22.4 Å². The molecule has 1 aromatic heterocycles. The largest absolute Gasteiger partial charge is 0.347 e. The van der Waals surface area contributed by atoms with Crippen LogP contribution in [0.25, 0.3) is 0 Å². The summed E-state index contributed by atoms with van der Waals surface area (Å²) in [6.45, 7) is 4.46. The number of hydrogen-bond acceptors (Lipinski definition) is 3. The Kier molecular flexibility index (Phi) is 4.98. The van der Waals surface area contributed by atoms with Crippen LogP contribution >= 0.6 is 0 Å². The molecule has 5 heteroatoms. The lowest BCUT2D eigenvalue weighted by molar-refractivity contribution is -0.125. The van der Waals surface area contributed by atoms with Crippen LogP contribution in [-0.2, 0) is 4.79 Å². The topological polar surface area (TPSA) is 83.8 Å². The van der Waals surface area contributed by atoms with Crippen molar-refractivity contribution in [2.75, 3.05) is 6.54 Å². The van der Waals surface area contributed by atoms with Gasteiger partial charge in [-0.15, -0.1) is 0 Å². The molecule has 0 spiro atoms. The quantitative estimate of drug-likeness (QED) is 0.673. The minimum atomic E-state index is -0.0807. The van der Waals surface area contributed by atoms with Gasteiger partial charge in [0, 0.05) is 18.3 Å². The molecule has 0 aliphatic carbocycles. The fourth-order valence-electron chi connectivity index (χ4n) is 1.49. The molecule has 16 heavy (non-hydrogen) atoms. The van der Waals surface area contributed by atoms with E-state index in [9.17, 15) is 4.79 Å². The third-order valence-corrected chi connectivity index (χ3v) is 2.58. The molecule has 1 rings (SSSR count). The molecule has 0 radical (unpaired) electrons. The van der Waals surface area contributed by atoms with Gasteiger partial charge in [-0.3, -0.25) is 4.79 Å². The third-order valence-electron chi connectivity index (χ3n) is 2.58. The molecule has 1 heterocycles. The molecule has 0 saturated heterocycles. The first-order valence-corrected chi connectivity index (χ1v) is 5.65. The molecule has 2 atom stereocenters. The number of nitrogens with zero attached hydrogens (tertiary/aromatic N) is 1. The summed E-state index contributed by atoms with van der Waals surface area (Å²) in [5.41, 5.74) is 5.41. The summed E-state index contributed by atoms with van der Waals surface area (Å²) in [5.74, 6) is 0.831. The van der Waals surface area contributed by atoms with Crippen molar-refractivity contribution < 1.29 is 4.79 Å². The number of carbonyl (C=O) groups excluding carboxylic acids is 1. The Morgan fingerprint density at radius 2 is 2.38 bits per heavy atom. The highest BCUT2D eigenvalue weighted by Crippen LogP contribution is 2.09. The second-order valence-corrected chi connectivity index (χ2v) is 4.04. The first kappa shape index (κ1) is 12.7. The van der Waals surface area contributed by atoms with Crippen molar-refractivity contribution >= 4 is 5.91 Å². The van der Waals surface area contributed by atoms with E-state index in [1.807, 2.05) is 13.8 Å². The van der Waals surface area contributed by atoms with E-state index in [-0.39, 0.29) is 17.9 Å². The summed E-state index contributed by atoms with van der Waals surface area (Å²) in [5, 5.41) is 2.92. The molecule has 0 aliphatic heterocycles. The average molecular weight is 224 g/mol. The Labute approximate surface area is 95.8 Å². The fourth-order valence-corrected chi connectivity index (χ4v) is 1.49. The average Bonchev–Trinajstić information content (AvgIpc) is 2.79. The van der Waals surface area contributed by atoms with Gasteiger partial charge in [0.1, 0.15) is 5.82 Å². The summed E-state index contributed by atoms with van der Waals surface area (Å²) in [6, 6.07) is -0.0807. The van der Waals surface area contributed by atoms with Gasteiger partial charge in [-0.2, -0.15) is 0 Å². The number of nitrogens with one attached hydrogen (secondary N) is 2. The number of carbonyl (C=O) groups is 1. The number of aromatic nitrogens is 2. The van der Waals surface area contributed by atoms with E-state index in [1.54, 1.807) is 12.4 Å². The molecule has 2 unspecified atom stereocenters. The van der Waals surface area contributed by atoms with E-state index in [4.69, 9.17) is 5.73 Å². The first-order valence-electron chi connectivity index (χ1n) is 5.65. The monoisotopic (exact) mass is 224 g/mol. The van der Waals surface area contributed by atoms with E-state index in [1.165, 1.54) is 0 Å². The zero-order valence-corrected chi connectivity index (χ0v) is 9.86. The molecule has 90 valence electrons. The van der Waals surface area contributed by atoms with Gasteiger partial charge in [-0.05, 0) is 26.3 Å². The molecule has 0 bridgehead atoms. The van der Waals surface area contributed by atoms with Crippen molar-refractivity contribution in [3.63, 3.8) is 0 Å². The van der Waals surface area contributed by atoms with Crippen molar-refractivity contribution in [3.8, 4) is 0 Å². The molecular weight excluding hydrogens is 204 g/mol. The van der Waals surface area contributed by atoms with Crippen LogP contribution in [0.3, 0.4) is 0 Å². The minimum absolute atomic E-state index is 0.000891. The second-order valence-electron chi connectivity index (χ2n) is 4.04. The maximum Gasteiger partial charge on any atom is 0.223 e. The van der Waals surface area contributed by atoms with Crippen molar-refractivity contribution in [1.29, 1.82) is 0 Å². The van der Waals surface area contributed by atoms with Crippen LogP contribution in [0.5, 0.6) is 0 Å². The summed E-state index contributed by atoms with van der Waals surface area (Å²) in [4.78, 5) is 18.8. The van der Waals surface area contributed by atoms with Gasteiger partial charge in [-0.1, -0.05) is 6.92 Å². The first-order chi connectivity index (χ1) is 7.65. The predicted molar refractivity (Wildman–Crippen MR) is 62.6 cm³/mol. The number of imidazole rings is 1. The van der Waals surface area contributed by atoms with E-state index in [2.05, 4.69) is 15.3 Å². The van der Waals surface area contributed by atoms with Gasteiger partial charge in [0.2, 0.25) is 5.91 Å². The van der Waals surface area contributed by atoms with Crippen LogP contribution in [0, 0.1) is 5.92 Å². The molecular formula is C11H20N4O. The number of amides is 1. The third kappa shape index (κ3) is 3.66. The Balaban J connectivity index is 2.39. The lowest BCUT2D eigenvalue weighted by atomic mass is 10.0. The van der Waals surface area contributed by atoms with Crippen molar-refractivity contribution in [3.05, 3.63) is 18.2 Å². The highest BCUT2D eigenvalue weighted by molar-refractivity contribution is 5.78. The van der Waals surface area contributed by atoms with Crippen LogP contribution in [0.2, 0.25) is 0 Å². The van der Waals surface area contributed by atoms with Crippen LogP contribution in [0.1, 0.15) is 38.6 Å². The second kappa shape index (κ2) is 6.27. The Morgan fingerprint density at radius 3 is 2.94 bits per heavy atom.